The topological polar surface area (TPSA) is 112 Å². The third kappa shape index (κ3) is 4.77. The summed E-state index contributed by atoms with van der Waals surface area (Å²) in [5.74, 6) is 0.741. The van der Waals surface area contributed by atoms with Gasteiger partial charge in [0.15, 0.2) is 0 Å². The van der Waals surface area contributed by atoms with Gasteiger partial charge in [-0.15, -0.1) is 0 Å². The van der Waals surface area contributed by atoms with E-state index in [4.69, 9.17) is 0 Å². The monoisotopic (exact) mass is 419 g/mol. The normalized spacial score (nSPS) is 13.4. The first-order valence-corrected chi connectivity index (χ1v) is 9.98. The van der Waals surface area contributed by atoms with Crippen molar-refractivity contribution in [3.8, 4) is 5.69 Å². The van der Waals surface area contributed by atoms with Crippen molar-refractivity contribution < 1.29 is 9.72 Å². The fourth-order valence-corrected chi connectivity index (χ4v) is 3.22. The summed E-state index contributed by atoms with van der Waals surface area (Å²) < 4.78 is 3.04. The number of amides is 1. The zero-order valence-corrected chi connectivity index (χ0v) is 16.7. The quantitative estimate of drug-likeness (QED) is 0.343. The number of carbonyl (C=O) groups excluding carboxylic acids is 1. The maximum absolute atomic E-state index is 12.9. The third-order valence-corrected chi connectivity index (χ3v) is 4.98. The van der Waals surface area contributed by atoms with Crippen molar-refractivity contribution in [1.29, 1.82) is 0 Å². The van der Waals surface area contributed by atoms with E-state index in [1.165, 1.54) is 22.9 Å². The molecular weight excluding hydrogens is 398 g/mol. The number of nitro groups is 1. The molecule has 0 atom stereocenters. The van der Waals surface area contributed by atoms with Crippen LogP contribution in [0.4, 0.5) is 5.69 Å². The number of nitro benzene ring substituents is 1. The van der Waals surface area contributed by atoms with Crippen LogP contribution in [-0.4, -0.2) is 31.7 Å². The first-order valence-electron chi connectivity index (χ1n) is 9.98. The number of rotatable bonds is 8. The van der Waals surface area contributed by atoms with Crippen LogP contribution in [0.3, 0.4) is 0 Å². The standard InChI is InChI=1S/C22H21N5O4/c28-20(13-8-16-6-11-19(12-7-16)27(30)31)23-14-15-25-22(29)26(18-4-2-1-3-5-18)21(24-25)17-9-10-17/h1-8,11-13,17H,9-10,14-15H2,(H,23,28)/b13-8+. The van der Waals surface area contributed by atoms with E-state index in [1.54, 1.807) is 22.8 Å². The minimum Gasteiger partial charge on any atom is -0.351 e. The van der Waals surface area contributed by atoms with Crippen LogP contribution in [0.2, 0.25) is 0 Å². The lowest BCUT2D eigenvalue weighted by atomic mass is 10.2. The van der Waals surface area contributed by atoms with Crippen molar-refractivity contribution in [1.82, 2.24) is 19.7 Å². The van der Waals surface area contributed by atoms with Gasteiger partial charge in [-0.25, -0.2) is 14.0 Å². The minimum absolute atomic E-state index is 0.00690. The number of benzene rings is 2. The Morgan fingerprint density at radius 2 is 1.87 bits per heavy atom. The van der Waals surface area contributed by atoms with Crippen LogP contribution in [0.1, 0.15) is 30.1 Å². The molecule has 0 unspecified atom stereocenters. The fourth-order valence-electron chi connectivity index (χ4n) is 3.22. The molecule has 3 aromatic rings. The molecule has 31 heavy (non-hydrogen) atoms. The number of nitrogens with one attached hydrogen (secondary N) is 1. The Bertz CT molecular complexity index is 1170. The van der Waals surface area contributed by atoms with Crippen molar-refractivity contribution in [2.45, 2.75) is 25.3 Å². The van der Waals surface area contributed by atoms with Gasteiger partial charge in [0.25, 0.3) is 5.69 Å². The molecule has 1 aliphatic carbocycles. The van der Waals surface area contributed by atoms with Crippen LogP contribution in [-0.2, 0) is 11.3 Å². The number of nitrogens with zero attached hydrogens (tertiary/aromatic N) is 4. The molecule has 0 saturated heterocycles. The molecule has 0 aliphatic heterocycles. The third-order valence-electron chi connectivity index (χ3n) is 4.98. The largest absolute Gasteiger partial charge is 0.351 e. The number of hydrogen-bond donors (Lipinski definition) is 1. The van der Waals surface area contributed by atoms with Crippen molar-refractivity contribution in [2.75, 3.05) is 6.54 Å². The van der Waals surface area contributed by atoms with Crippen LogP contribution < -0.4 is 11.0 Å². The molecule has 1 N–H and O–H groups in total. The number of carbonyl (C=O) groups is 1. The van der Waals surface area contributed by atoms with E-state index in [0.717, 1.165) is 24.4 Å². The molecule has 1 amide bonds. The van der Waals surface area contributed by atoms with E-state index in [-0.39, 0.29) is 30.4 Å². The SMILES string of the molecule is O=C(/C=C/c1ccc([N+](=O)[O-])cc1)NCCn1nc(C2CC2)n(-c2ccccc2)c1=O. The Hall–Kier alpha value is -4.01. The summed E-state index contributed by atoms with van der Waals surface area (Å²) in [6.45, 7) is 0.509. The predicted octanol–water partition coefficient (Wildman–Crippen LogP) is 2.65. The Balaban J connectivity index is 1.38. The molecule has 0 bridgehead atoms. The minimum atomic E-state index is -0.476. The van der Waals surface area contributed by atoms with Crippen molar-refractivity contribution in [2.24, 2.45) is 0 Å². The Morgan fingerprint density at radius 3 is 2.52 bits per heavy atom. The molecule has 1 aliphatic rings. The van der Waals surface area contributed by atoms with Crippen LogP contribution in [0.5, 0.6) is 0 Å². The molecule has 4 rings (SSSR count). The average Bonchev–Trinajstić information content (AvgIpc) is 3.57. The van der Waals surface area contributed by atoms with Crippen molar-refractivity contribution in [3.05, 3.63) is 92.7 Å². The summed E-state index contributed by atoms with van der Waals surface area (Å²) >= 11 is 0. The van der Waals surface area contributed by atoms with E-state index >= 15 is 0 Å². The highest BCUT2D eigenvalue weighted by atomic mass is 16.6. The highest BCUT2D eigenvalue weighted by Gasteiger charge is 2.31. The molecule has 9 nitrogen and oxygen atoms in total. The van der Waals surface area contributed by atoms with Gasteiger partial charge in [0.1, 0.15) is 5.82 Å². The van der Waals surface area contributed by atoms with Crippen molar-refractivity contribution in [3.63, 3.8) is 0 Å². The van der Waals surface area contributed by atoms with Gasteiger partial charge in [-0.05, 0) is 48.7 Å². The van der Waals surface area contributed by atoms with E-state index in [0.29, 0.717) is 11.5 Å². The van der Waals surface area contributed by atoms with Gasteiger partial charge < -0.3 is 5.32 Å². The summed E-state index contributed by atoms with van der Waals surface area (Å²) in [6.07, 6.45) is 4.96. The lowest BCUT2D eigenvalue weighted by Crippen LogP contribution is -2.31. The van der Waals surface area contributed by atoms with Gasteiger partial charge >= 0.3 is 5.69 Å². The second kappa shape index (κ2) is 8.78. The Kier molecular flexibility index (Phi) is 5.74. The highest BCUT2D eigenvalue weighted by molar-refractivity contribution is 5.91. The van der Waals surface area contributed by atoms with Crippen LogP contribution >= 0.6 is 0 Å². The first kappa shape index (κ1) is 20.3. The van der Waals surface area contributed by atoms with Gasteiger partial charge in [-0.3, -0.25) is 14.9 Å². The average molecular weight is 419 g/mol. The summed E-state index contributed by atoms with van der Waals surface area (Å²) in [7, 11) is 0. The summed E-state index contributed by atoms with van der Waals surface area (Å²) in [5, 5.41) is 17.9. The highest BCUT2D eigenvalue weighted by Crippen LogP contribution is 2.39. The Labute approximate surface area is 177 Å². The van der Waals surface area contributed by atoms with Crippen molar-refractivity contribution >= 4 is 17.7 Å². The van der Waals surface area contributed by atoms with Gasteiger partial charge in [0, 0.05) is 30.7 Å². The molecule has 0 radical (unpaired) electrons. The summed E-state index contributed by atoms with van der Waals surface area (Å²) in [5.41, 5.74) is 1.24. The Morgan fingerprint density at radius 1 is 1.16 bits per heavy atom. The van der Waals surface area contributed by atoms with E-state index in [1.807, 2.05) is 30.3 Å². The summed E-state index contributed by atoms with van der Waals surface area (Å²) in [6, 6.07) is 15.3. The molecule has 2 aromatic carbocycles. The van der Waals surface area contributed by atoms with Gasteiger partial charge in [0.05, 0.1) is 17.2 Å². The smallest absolute Gasteiger partial charge is 0.350 e. The molecule has 0 spiro atoms. The first-order chi connectivity index (χ1) is 15.0. The molecule has 1 fully saturated rings. The van der Waals surface area contributed by atoms with Crippen LogP contribution in [0.15, 0.2) is 65.5 Å². The number of para-hydroxylation sites is 1. The van der Waals surface area contributed by atoms with Crippen LogP contribution in [0.25, 0.3) is 11.8 Å². The maximum atomic E-state index is 12.9. The zero-order chi connectivity index (χ0) is 21.8. The maximum Gasteiger partial charge on any atom is 0.350 e. The second-order valence-electron chi connectivity index (χ2n) is 7.28. The number of aromatic nitrogens is 3. The lowest BCUT2D eigenvalue weighted by Gasteiger charge is -2.03. The fraction of sp³-hybridized carbons (Fsp3) is 0.227. The number of hydrogen-bond acceptors (Lipinski definition) is 5. The van der Waals surface area contributed by atoms with E-state index in [9.17, 15) is 19.7 Å². The van der Waals surface area contributed by atoms with Gasteiger partial charge in [-0.1, -0.05) is 18.2 Å². The molecular formula is C22H21N5O4. The lowest BCUT2D eigenvalue weighted by molar-refractivity contribution is -0.384. The van der Waals surface area contributed by atoms with E-state index < -0.39 is 4.92 Å². The molecule has 1 heterocycles. The van der Waals surface area contributed by atoms with E-state index in [2.05, 4.69) is 10.4 Å². The predicted molar refractivity (Wildman–Crippen MR) is 115 cm³/mol. The number of non-ortho nitro benzene ring substituents is 1. The summed E-state index contributed by atoms with van der Waals surface area (Å²) in [4.78, 5) is 35.1. The molecule has 158 valence electrons. The van der Waals surface area contributed by atoms with Crippen LogP contribution in [0, 0.1) is 10.1 Å². The molecule has 1 saturated carbocycles. The zero-order valence-electron chi connectivity index (χ0n) is 16.7. The van der Waals surface area contributed by atoms with Gasteiger partial charge in [-0.2, -0.15) is 5.10 Å². The second-order valence-corrected chi connectivity index (χ2v) is 7.28. The van der Waals surface area contributed by atoms with Gasteiger partial charge in [0.2, 0.25) is 5.91 Å². The molecule has 9 heteroatoms. The molecule has 1 aromatic heterocycles.